The van der Waals surface area contributed by atoms with Gasteiger partial charge in [-0.15, -0.1) is 11.3 Å². The molecule has 8 nitrogen and oxygen atoms in total. The molecule has 0 aliphatic heterocycles. The Balaban J connectivity index is 1.63. The number of nitrogens with zero attached hydrogens (tertiary/aromatic N) is 4. The summed E-state index contributed by atoms with van der Waals surface area (Å²) in [5.74, 6) is -0.371. The lowest BCUT2D eigenvalue weighted by Crippen LogP contribution is -2.23. The number of nitrogens with one attached hydrogen (secondary N) is 1. The average Bonchev–Trinajstić information content (AvgIpc) is 3.17. The van der Waals surface area contributed by atoms with E-state index in [0.29, 0.717) is 31.9 Å². The SMILES string of the molecule is Cc1nc(-c2c(C)c(C)nn(C)c2=O)sc1C(=O)Nc1ccc(=O)n(Cc2ccccc2Cl)c1. The first-order valence-electron chi connectivity index (χ1n) is 10.4. The first-order chi connectivity index (χ1) is 16.2. The number of rotatable bonds is 5. The van der Waals surface area contributed by atoms with E-state index in [-0.39, 0.29) is 23.6 Å². The molecule has 174 valence electrons. The van der Waals surface area contributed by atoms with Crippen LogP contribution in [0.5, 0.6) is 0 Å². The Morgan fingerprint density at radius 3 is 2.56 bits per heavy atom. The Hall–Kier alpha value is -3.56. The van der Waals surface area contributed by atoms with E-state index in [4.69, 9.17) is 11.6 Å². The van der Waals surface area contributed by atoms with Crippen LogP contribution in [0, 0.1) is 20.8 Å². The fraction of sp³-hybridized carbons (Fsp3) is 0.208. The quantitative estimate of drug-likeness (QED) is 0.452. The summed E-state index contributed by atoms with van der Waals surface area (Å²) in [6.07, 6.45) is 1.58. The lowest BCUT2D eigenvalue weighted by molar-refractivity contribution is 0.102. The predicted molar refractivity (Wildman–Crippen MR) is 134 cm³/mol. The highest BCUT2D eigenvalue weighted by Crippen LogP contribution is 2.29. The molecule has 0 unspecified atom stereocenters. The predicted octanol–water partition coefficient (Wildman–Crippen LogP) is 3.94. The molecule has 3 heterocycles. The molecule has 0 spiro atoms. The van der Waals surface area contributed by atoms with Gasteiger partial charge in [-0.2, -0.15) is 5.10 Å². The van der Waals surface area contributed by atoms with Crippen molar-refractivity contribution in [3.8, 4) is 10.6 Å². The molecule has 0 atom stereocenters. The van der Waals surface area contributed by atoms with Gasteiger partial charge in [0.25, 0.3) is 17.0 Å². The van der Waals surface area contributed by atoms with Gasteiger partial charge in [-0.25, -0.2) is 9.67 Å². The van der Waals surface area contributed by atoms with Crippen LogP contribution in [0.4, 0.5) is 5.69 Å². The fourth-order valence-electron chi connectivity index (χ4n) is 3.54. The minimum absolute atomic E-state index is 0.214. The summed E-state index contributed by atoms with van der Waals surface area (Å²) >= 11 is 7.37. The second-order valence-electron chi connectivity index (χ2n) is 7.88. The largest absolute Gasteiger partial charge is 0.320 e. The van der Waals surface area contributed by atoms with Crippen molar-refractivity contribution in [2.75, 3.05) is 5.32 Å². The Labute approximate surface area is 204 Å². The molecule has 4 rings (SSSR count). The number of thiazole rings is 1. The minimum Gasteiger partial charge on any atom is -0.320 e. The maximum Gasteiger partial charge on any atom is 0.277 e. The van der Waals surface area contributed by atoms with E-state index in [1.165, 1.54) is 15.3 Å². The molecule has 4 aromatic rings. The van der Waals surface area contributed by atoms with Gasteiger partial charge < -0.3 is 9.88 Å². The Morgan fingerprint density at radius 2 is 1.82 bits per heavy atom. The molecule has 34 heavy (non-hydrogen) atoms. The summed E-state index contributed by atoms with van der Waals surface area (Å²) in [6.45, 7) is 5.64. The van der Waals surface area contributed by atoms with E-state index < -0.39 is 0 Å². The number of carbonyl (C=O) groups is 1. The number of amides is 1. The third-order valence-electron chi connectivity index (χ3n) is 5.48. The first kappa shape index (κ1) is 23.6. The molecular formula is C24H22ClN5O3S. The van der Waals surface area contributed by atoms with Crippen molar-refractivity contribution in [3.05, 3.63) is 95.7 Å². The van der Waals surface area contributed by atoms with Gasteiger partial charge in [-0.05, 0) is 44.0 Å². The standard InChI is InChI=1S/C24H22ClN5O3S/c1-13-14(2)28-29(4)24(33)20(13)23-26-15(3)21(34-23)22(32)27-17-9-10-19(31)30(12-17)11-16-7-5-6-8-18(16)25/h5-10,12H,11H2,1-4H3,(H,27,32). The summed E-state index contributed by atoms with van der Waals surface area (Å²) in [5.41, 5.74) is 3.17. The highest BCUT2D eigenvalue weighted by atomic mass is 35.5. The monoisotopic (exact) mass is 495 g/mol. The summed E-state index contributed by atoms with van der Waals surface area (Å²) < 4.78 is 2.75. The Kier molecular flexibility index (Phi) is 6.49. The molecule has 1 amide bonds. The molecule has 10 heteroatoms. The van der Waals surface area contributed by atoms with Gasteiger partial charge in [-0.1, -0.05) is 29.8 Å². The number of aromatic nitrogens is 4. The summed E-state index contributed by atoms with van der Waals surface area (Å²) in [6, 6.07) is 10.2. The second-order valence-corrected chi connectivity index (χ2v) is 9.28. The van der Waals surface area contributed by atoms with Crippen molar-refractivity contribution in [1.29, 1.82) is 0 Å². The van der Waals surface area contributed by atoms with E-state index in [9.17, 15) is 14.4 Å². The number of carbonyl (C=O) groups excluding carboxylic acids is 1. The van der Waals surface area contributed by atoms with Crippen LogP contribution in [0.25, 0.3) is 10.6 Å². The van der Waals surface area contributed by atoms with Gasteiger partial charge in [0.2, 0.25) is 0 Å². The van der Waals surface area contributed by atoms with Crippen LogP contribution in [0.15, 0.2) is 52.2 Å². The van der Waals surface area contributed by atoms with Gasteiger partial charge in [0.05, 0.1) is 29.2 Å². The molecular weight excluding hydrogens is 474 g/mol. The normalized spacial score (nSPS) is 11.0. The fourth-order valence-corrected chi connectivity index (χ4v) is 4.79. The average molecular weight is 496 g/mol. The number of benzene rings is 1. The van der Waals surface area contributed by atoms with Gasteiger partial charge in [0.15, 0.2) is 0 Å². The summed E-state index contributed by atoms with van der Waals surface area (Å²) in [7, 11) is 1.59. The number of aryl methyl sites for hydroxylation is 3. The Morgan fingerprint density at radius 1 is 1.09 bits per heavy atom. The smallest absolute Gasteiger partial charge is 0.277 e. The highest BCUT2D eigenvalue weighted by Gasteiger charge is 2.21. The van der Waals surface area contributed by atoms with E-state index in [0.717, 1.165) is 28.2 Å². The van der Waals surface area contributed by atoms with Crippen LogP contribution in [-0.2, 0) is 13.6 Å². The molecule has 0 radical (unpaired) electrons. The molecule has 1 N–H and O–H groups in total. The lowest BCUT2D eigenvalue weighted by atomic mass is 10.1. The number of hydrogen-bond acceptors (Lipinski definition) is 6. The van der Waals surface area contributed by atoms with E-state index in [1.807, 2.05) is 32.0 Å². The van der Waals surface area contributed by atoms with Crippen molar-refractivity contribution >= 4 is 34.5 Å². The van der Waals surface area contributed by atoms with Crippen LogP contribution in [0.1, 0.15) is 32.2 Å². The lowest BCUT2D eigenvalue weighted by Gasteiger charge is -2.10. The zero-order valence-corrected chi connectivity index (χ0v) is 20.6. The van der Waals surface area contributed by atoms with Crippen molar-refractivity contribution in [2.24, 2.45) is 7.05 Å². The van der Waals surface area contributed by atoms with E-state index in [1.54, 1.807) is 32.3 Å². The molecule has 0 aliphatic rings. The van der Waals surface area contributed by atoms with Crippen LogP contribution >= 0.6 is 22.9 Å². The zero-order chi connectivity index (χ0) is 24.6. The maximum atomic E-state index is 13.0. The molecule has 0 aliphatic carbocycles. The number of anilines is 1. The molecule has 0 bridgehead atoms. The molecule has 0 saturated heterocycles. The van der Waals surface area contributed by atoms with Crippen molar-refractivity contribution < 1.29 is 4.79 Å². The summed E-state index contributed by atoms with van der Waals surface area (Å²) in [4.78, 5) is 43.0. The van der Waals surface area contributed by atoms with Gasteiger partial charge in [-0.3, -0.25) is 14.4 Å². The van der Waals surface area contributed by atoms with Crippen LogP contribution in [0.3, 0.4) is 0 Å². The minimum atomic E-state index is -0.371. The van der Waals surface area contributed by atoms with Crippen molar-refractivity contribution in [2.45, 2.75) is 27.3 Å². The molecule has 3 aromatic heterocycles. The number of hydrogen-bond donors (Lipinski definition) is 1. The van der Waals surface area contributed by atoms with Gasteiger partial charge in [0, 0.05) is 24.3 Å². The molecule has 0 saturated carbocycles. The van der Waals surface area contributed by atoms with Crippen LogP contribution < -0.4 is 16.4 Å². The Bertz CT molecular complexity index is 1540. The van der Waals surface area contributed by atoms with Crippen molar-refractivity contribution in [3.63, 3.8) is 0 Å². The third-order valence-corrected chi connectivity index (χ3v) is 7.02. The van der Waals surface area contributed by atoms with Crippen molar-refractivity contribution in [1.82, 2.24) is 19.3 Å². The number of halogens is 1. The van der Waals surface area contributed by atoms with Gasteiger partial charge >= 0.3 is 0 Å². The second kappa shape index (κ2) is 9.36. The van der Waals surface area contributed by atoms with Crippen LogP contribution in [0.2, 0.25) is 5.02 Å². The van der Waals surface area contributed by atoms with Crippen LogP contribution in [-0.4, -0.2) is 25.2 Å². The third kappa shape index (κ3) is 4.57. The maximum absolute atomic E-state index is 13.0. The topological polar surface area (TPSA) is 98.9 Å². The van der Waals surface area contributed by atoms with E-state index in [2.05, 4.69) is 15.4 Å². The highest BCUT2D eigenvalue weighted by molar-refractivity contribution is 7.17. The van der Waals surface area contributed by atoms with E-state index >= 15 is 0 Å². The van der Waals surface area contributed by atoms with Gasteiger partial charge in [0.1, 0.15) is 9.88 Å². The zero-order valence-electron chi connectivity index (χ0n) is 19.0. The molecule has 0 fully saturated rings. The summed E-state index contributed by atoms with van der Waals surface area (Å²) in [5, 5.41) is 8.05. The first-order valence-corrected chi connectivity index (χ1v) is 11.6. The molecule has 1 aromatic carbocycles. The number of pyridine rings is 1.